The maximum Gasteiger partial charge on any atom is 0.145 e. The van der Waals surface area contributed by atoms with E-state index in [4.69, 9.17) is 9.47 Å². The second-order valence-corrected chi connectivity index (χ2v) is 6.36. The molecule has 0 amide bonds. The predicted molar refractivity (Wildman–Crippen MR) is 86.7 cm³/mol. The van der Waals surface area contributed by atoms with E-state index in [1.54, 1.807) is 7.11 Å². The topological polar surface area (TPSA) is 34.4 Å². The molecule has 1 saturated carbocycles. The van der Waals surface area contributed by atoms with Gasteiger partial charge in [-0.1, -0.05) is 6.42 Å². The van der Waals surface area contributed by atoms with Crippen LogP contribution in [-0.4, -0.2) is 42.2 Å². The van der Waals surface area contributed by atoms with Crippen molar-refractivity contribution >= 4 is 10.9 Å². The van der Waals surface area contributed by atoms with Gasteiger partial charge in [0, 0.05) is 23.7 Å². The fraction of sp³-hybridized carbons (Fsp3) is 0.500. The number of nitrogens with zero attached hydrogens (tertiary/aromatic N) is 2. The van der Waals surface area contributed by atoms with Crippen LogP contribution in [0, 0.1) is 6.92 Å². The third kappa shape index (κ3) is 2.41. The van der Waals surface area contributed by atoms with Gasteiger partial charge in [0.15, 0.2) is 0 Å². The van der Waals surface area contributed by atoms with Crippen LogP contribution in [0.4, 0.5) is 0 Å². The highest BCUT2D eigenvalue weighted by atomic mass is 16.5. The molecule has 2 unspecified atom stereocenters. The van der Waals surface area contributed by atoms with Crippen molar-refractivity contribution in [1.82, 2.24) is 9.88 Å². The quantitative estimate of drug-likeness (QED) is 0.794. The lowest BCUT2D eigenvalue weighted by atomic mass is 9.93. The van der Waals surface area contributed by atoms with Crippen molar-refractivity contribution in [2.75, 3.05) is 20.3 Å². The van der Waals surface area contributed by atoms with Gasteiger partial charge in [-0.25, -0.2) is 4.98 Å². The third-order valence-corrected chi connectivity index (χ3v) is 4.87. The monoisotopic (exact) mass is 298 g/mol. The lowest BCUT2D eigenvalue weighted by Gasteiger charge is -2.27. The number of fused-ring (bicyclic) bond motifs is 1. The Labute approximate surface area is 131 Å². The van der Waals surface area contributed by atoms with Crippen molar-refractivity contribution in [3.63, 3.8) is 0 Å². The lowest BCUT2D eigenvalue weighted by Crippen LogP contribution is -2.29. The Hall–Kier alpha value is -1.81. The summed E-state index contributed by atoms with van der Waals surface area (Å²) in [6.07, 6.45) is 4.12. The van der Waals surface area contributed by atoms with Crippen molar-refractivity contribution in [2.24, 2.45) is 0 Å². The number of rotatable bonds is 5. The first kappa shape index (κ1) is 13.8. The molecular weight excluding hydrogens is 276 g/mol. The molecule has 116 valence electrons. The zero-order valence-electron chi connectivity index (χ0n) is 13.2. The Bertz CT molecular complexity index is 697. The molecule has 0 radical (unpaired) electrons. The standard InChI is InChI=1S/C18H22N2O2/c1-12-6-7-15-16(21-2)8-9-17(18(15)19-12)22-11-14-10-20(14)13-4-3-5-13/h6-9,13-14H,3-5,10-11H2,1-2H3. The first-order valence-corrected chi connectivity index (χ1v) is 8.09. The van der Waals surface area contributed by atoms with Crippen molar-refractivity contribution < 1.29 is 9.47 Å². The number of hydrogen-bond acceptors (Lipinski definition) is 4. The van der Waals surface area contributed by atoms with Gasteiger partial charge in [-0.2, -0.15) is 0 Å². The molecule has 2 aromatic rings. The van der Waals surface area contributed by atoms with E-state index in [2.05, 4.69) is 16.0 Å². The van der Waals surface area contributed by atoms with Crippen LogP contribution < -0.4 is 9.47 Å². The summed E-state index contributed by atoms with van der Waals surface area (Å²) in [5.74, 6) is 1.71. The number of methoxy groups -OCH3 is 1. The van der Waals surface area contributed by atoms with Crippen LogP contribution in [-0.2, 0) is 0 Å². The van der Waals surface area contributed by atoms with Gasteiger partial charge in [0.1, 0.15) is 23.6 Å². The Morgan fingerprint density at radius 2 is 2.00 bits per heavy atom. The molecule has 22 heavy (non-hydrogen) atoms. The van der Waals surface area contributed by atoms with Crippen LogP contribution in [0.2, 0.25) is 0 Å². The number of aromatic nitrogens is 1. The Morgan fingerprint density at radius 3 is 2.73 bits per heavy atom. The highest BCUT2D eigenvalue weighted by Crippen LogP contribution is 2.35. The summed E-state index contributed by atoms with van der Waals surface area (Å²) in [6.45, 7) is 3.95. The van der Waals surface area contributed by atoms with E-state index in [1.807, 2.05) is 25.1 Å². The minimum Gasteiger partial charge on any atom is -0.496 e. The lowest BCUT2D eigenvalue weighted by molar-refractivity contribution is 0.216. The number of hydrogen-bond donors (Lipinski definition) is 0. The Balaban J connectivity index is 1.52. The van der Waals surface area contributed by atoms with Crippen LogP contribution >= 0.6 is 0 Å². The zero-order chi connectivity index (χ0) is 15.1. The molecule has 1 aliphatic carbocycles. The zero-order valence-corrected chi connectivity index (χ0v) is 13.2. The van der Waals surface area contributed by atoms with Gasteiger partial charge >= 0.3 is 0 Å². The average molecular weight is 298 g/mol. The van der Waals surface area contributed by atoms with Crippen molar-refractivity contribution in [2.45, 2.75) is 38.3 Å². The summed E-state index contributed by atoms with van der Waals surface area (Å²) in [4.78, 5) is 7.21. The first-order valence-electron chi connectivity index (χ1n) is 8.09. The van der Waals surface area contributed by atoms with E-state index in [9.17, 15) is 0 Å². The molecule has 2 aliphatic rings. The van der Waals surface area contributed by atoms with E-state index < -0.39 is 0 Å². The van der Waals surface area contributed by atoms with E-state index in [1.165, 1.54) is 25.8 Å². The van der Waals surface area contributed by atoms with E-state index in [0.29, 0.717) is 6.04 Å². The van der Waals surface area contributed by atoms with Crippen molar-refractivity contribution in [3.05, 3.63) is 30.0 Å². The highest BCUT2D eigenvalue weighted by molar-refractivity contribution is 5.90. The minimum absolute atomic E-state index is 0.590. The molecule has 0 spiro atoms. The van der Waals surface area contributed by atoms with E-state index >= 15 is 0 Å². The van der Waals surface area contributed by atoms with Gasteiger partial charge in [0.2, 0.25) is 0 Å². The minimum atomic E-state index is 0.590. The maximum atomic E-state index is 6.09. The highest BCUT2D eigenvalue weighted by Gasteiger charge is 2.42. The summed E-state index contributed by atoms with van der Waals surface area (Å²) in [6, 6.07) is 9.41. The van der Waals surface area contributed by atoms with Crippen LogP contribution in [0.15, 0.2) is 24.3 Å². The van der Waals surface area contributed by atoms with E-state index in [-0.39, 0.29) is 0 Å². The Kier molecular flexibility index (Phi) is 3.41. The molecule has 4 rings (SSSR count). The van der Waals surface area contributed by atoms with Gasteiger partial charge in [-0.3, -0.25) is 4.90 Å². The predicted octanol–water partition coefficient (Wildman–Crippen LogP) is 3.17. The molecule has 2 fully saturated rings. The summed E-state index contributed by atoms with van der Waals surface area (Å²) in [5.41, 5.74) is 1.89. The third-order valence-electron chi connectivity index (χ3n) is 4.87. The summed E-state index contributed by atoms with van der Waals surface area (Å²) in [5, 5.41) is 1.01. The normalized spacial score (nSPS) is 24.1. The van der Waals surface area contributed by atoms with Crippen LogP contribution in [0.5, 0.6) is 11.5 Å². The maximum absolute atomic E-state index is 6.09. The molecule has 1 aromatic heterocycles. The average Bonchev–Trinajstić information content (AvgIpc) is 3.21. The number of pyridine rings is 1. The van der Waals surface area contributed by atoms with Crippen LogP contribution in [0.3, 0.4) is 0 Å². The fourth-order valence-corrected chi connectivity index (χ4v) is 3.25. The SMILES string of the molecule is COc1ccc(OCC2CN2C2CCC2)c2nc(C)ccc12. The largest absolute Gasteiger partial charge is 0.496 e. The molecule has 2 heterocycles. The summed E-state index contributed by atoms with van der Waals surface area (Å²) in [7, 11) is 1.69. The number of aryl methyl sites for hydroxylation is 1. The first-order chi connectivity index (χ1) is 10.8. The Morgan fingerprint density at radius 1 is 1.18 bits per heavy atom. The molecule has 0 bridgehead atoms. The molecule has 2 atom stereocenters. The molecule has 4 heteroatoms. The van der Waals surface area contributed by atoms with Gasteiger partial charge in [-0.05, 0) is 44.0 Å². The van der Waals surface area contributed by atoms with Gasteiger partial charge in [0.05, 0.1) is 13.2 Å². The van der Waals surface area contributed by atoms with E-state index in [0.717, 1.165) is 40.7 Å². The van der Waals surface area contributed by atoms with Gasteiger partial charge in [0.25, 0.3) is 0 Å². The molecule has 1 aromatic carbocycles. The van der Waals surface area contributed by atoms with Gasteiger partial charge < -0.3 is 9.47 Å². The second kappa shape index (κ2) is 5.43. The molecule has 1 saturated heterocycles. The van der Waals surface area contributed by atoms with Crippen LogP contribution in [0.1, 0.15) is 25.0 Å². The van der Waals surface area contributed by atoms with Crippen molar-refractivity contribution in [3.8, 4) is 11.5 Å². The van der Waals surface area contributed by atoms with Crippen molar-refractivity contribution in [1.29, 1.82) is 0 Å². The molecule has 0 N–H and O–H groups in total. The van der Waals surface area contributed by atoms with Crippen LogP contribution in [0.25, 0.3) is 10.9 Å². The molecule has 1 aliphatic heterocycles. The fourth-order valence-electron chi connectivity index (χ4n) is 3.25. The molecular formula is C18H22N2O2. The summed E-state index contributed by atoms with van der Waals surface area (Å²) < 4.78 is 11.5. The molecule has 4 nitrogen and oxygen atoms in total. The number of benzene rings is 1. The summed E-state index contributed by atoms with van der Waals surface area (Å²) >= 11 is 0. The smallest absolute Gasteiger partial charge is 0.145 e. The second-order valence-electron chi connectivity index (χ2n) is 6.36. The van der Waals surface area contributed by atoms with Gasteiger partial charge in [-0.15, -0.1) is 0 Å². The number of ether oxygens (including phenoxy) is 2.